The minimum atomic E-state index is -4.90. The summed E-state index contributed by atoms with van der Waals surface area (Å²) in [6, 6.07) is 2.26. The van der Waals surface area contributed by atoms with Crippen molar-refractivity contribution in [1.82, 2.24) is 0 Å². The highest BCUT2D eigenvalue weighted by Gasteiger charge is 2.33. The van der Waals surface area contributed by atoms with Crippen LogP contribution in [0, 0.1) is 6.92 Å². The van der Waals surface area contributed by atoms with Crippen LogP contribution in [0.25, 0.3) is 0 Å². The summed E-state index contributed by atoms with van der Waals surface area (Å²) in [5, 5.41) is 0.0365. The van der Waals surface area contributed by atoms with Gasteiger partial charge in [-0.25, -0.2) is 4.79 Å². The maximum atomic E-state index is 12.1. The van der Waals surface area contributed by atoms with Crippen molar-refractivity contribution < 1.29 is 27.4 Å². The molecule has 0 aromatic heterocycles. The fourth-order valence-corrected chi connectivity index (χ4v) is 1.54. The molecule has 0 saturated carbocycles. The smallest absolute Gasteiger partial charge is 0.465 e. The molecule has 0 atom stereocenters. The summed E-state index contributed by atoms with van der Waals surface area (Å²) >= 11 is 5.60. The van der Waals surface area contributed by atoms with E-state index in [9.17, 15) is 18.0 Å². The molecule has 7 heteroatoms. The van der Waals surface area contributed by atoms with Gasteiger partial charge in [-0.15, -0.1) is 13.2 Å². The van der Waals surface area contributed by atoms with E-state index < -0.39 is 18.1 Å². The number of alkyl halides is 3. The average molecular weight is 269 g/mol. The van der Waals surface area contributed by atoms with E-state index in [-0.39, 0.29) is 16.1 Å². The van der Waals surface area contributed by atoms with E-state index in [1.54, 1.807) is 0 Å². The van der Waals surface area contributed by atoms with Crippen molar-refractivity contribution in [2.45, 2.75) is 13.3 Å². The van der Waals surface area contributed by atoms with Crippen molar-refractivity contribution in [2.24, 2.45) is 0 Å². The predicted octanol–water partition coefficient (Wildman–Crippen LogP) is 3.33. The number of aryl methyl sites for hydroxylation is 1. The van der Waals surface area contributed by atoms with Gasteiger partial charge in [0.15, 0.2) is 0 Å². The third-order valence-corrected chi connectivity index (χ3v) is 2.10. The molecule has 94 valence electrons. The first-order valence-electron chi connectivity index (χ1n) is 4.39. The number of carbonyl (C=O) groups excluding carboxylic acids is 1. The van der Waals surface area contributed by atoms with Crippen LogP contribution < -0.4 is 4.74 Å². The lowest BCUT2D eigenvalue weighted by molar-refractivity contribution is -0.274. The monoisotopic (exact) mass is 268 g/mol. The van der Waals surface area contributed by atoms with Crippen LogP contribution >= 0.6 is 11.6 Å². The summed E-state index contributed by atoms with van der Waals surface area (Å²) in [7, 11) is 1.06. The molecule has 3 nitrogen and oxygen atoms in total. The Kier molecular flexibility index (Phi) is 3.87. The maximum absolute atomic E-state index is 12.1. The third kappa shape index (κ3) is 3.52. The fourth-order valence-electron chi connectivity index (χ4n) is 1.28. The van der Waals surface area contributed by atoms with E-state index in [2.05, 4.69) is 9.47 Å². The zero-order valence-electron chi connectivity index (χ0n) is 8.89. The van der Waals surface area contributed by atoms with Gasteiger partial charge in [-0.1, -0.05) is 11.6 Å². The van der Waals surface area contributed by atoms with Crippen molar-refractivity contribution >= 4 is 17.6 Å². The minimum absolute atomic E-state index is 0.0365. The summed E-state index contributed by atoms with van der Waals surface area (Å²) in [5.74, 6) is -1.59. The molecule has 1 aromatic carbocycles. The van der Waals surface area contributed by atoms with Crippen LogP contribution in [0.4, 0.5) is 13.2 Å². The molecule has 0 radical (unpaired) electrons. The predicted molar refractivity (Wildman–Crippen MR) is 54.2 cm³/mol. The van der Waals surface area contributed by atoms with Gasteiger partial charge < -0.3 is 9.47 Å². The van der Waals surface area contributed by atoms with E-state index >= 15 is 0 Å². The zero-order chi connectivity index (χ0) is 13.2. The van der Waals surface area contributed by atoms with E-state index in [0.29, 0.717) is 0 Å². The first-order valence-corrected chi connectivity index (χ1v) is 4.76. The molecule has 0 amide bonds. The number of esters is 1. The zero-order valence-corrected chi connectivity index (χ0v) is 9.65. The Morgan fingerprint density at radius 3 is 2.41 bits per heavy atom. The Labute approximate surface area is 100 Å². The summed E-state index contributed by atoms with van der Waals surface area (Å²) in [6.45, 7) is 1.43. The number of benzene rings is 1. The molecular formula is C10H8ClF3O3. The number of ether oxygens (including phenoxy) is 2. The molecule has 0 unspecified atom stereocenters. The average Bonchev–Trinajstić information content (AvgIpc) is 2.13. The van der Waals surface area contributed by atoms with Crippen LogP contribution in [0.3, 0.4) is 0 Å². The van der Waals surface area contributed by atoms with E-state index in [0.717, 1.165) is 13.2 Å². The van der Waals surface area contributed by atoms with Gasteiger partial charge in [0.2, 0.25) is 0 Å². The Hall–Kier alpha value is -1.43. The molecule has 0 N–H and O–H groups in total. The van der Waals surface area contributed by atoms with Crippen molar-refractivity contribution in [3.05, 3.63) is 28.3 Å². The summed E-state index contributed by atoms with van der Waals surface area (Å²) in [4.78, 5) is 11.3. The highest BCUT2D eigenvalue weighted by atomic mass is 35.5. The van der Waals surface area contributed by atoms with Gasteiger partial charge in [0, 0.05) is 11.1 Å². The van der Waals surface area contributed by atoms with Crippen LogP contribution in [0.1, 0.15) is 15.9 Å². The van der Waals surface area contributed by atoms with Crippen molar-refractivity contribution in [3.8, 4) is 5.75 Å². The second-order valence-corrected chi connectivity index (χ2v) is 3.57. The second-order valence-electron chi connectivity index (χ2n) is 3.14. The first-order chi connectivity index (χ1) is 7.74. The SMILES string of the molecule is COC(=O)c1c(C)cc(Cl)cc1OC(F)(F)F. The third-order valence-electron chi connectivity index (χ3n) is 1.88. The molecule has 0 saturated heterocycles. The van der Waals surface area contributed by atoms with Gasteiger partial charge in [0.1, 0.15) is 11.3 Å². The normalized spacial score (nSPS) is 11.2. The molecule has 0 bridgehead atoms. The summed E-state index contributed by atoms with van der Waals surface area (Å²) in [5.41, 5.74) is -0.0576. The van der Waals surface area contributed by atoms with Gasteiger partial charge >= 0.3 is 12.3 Å². The topological polar surface area (TPSA) is 35.5 Å². The number of hydrogen-bond donors (Lipinski definition) is 0. The van der Waals surface area contributed by atoms with Gasteiger partial charge in [0.25, 0.3) is 0 Å². The fraction of sp³-hybridized carbons (Fsp3) is 0.300. The van der Waals surface area contributed by atoms with Crippen LogP contribution in [0.5, 0.6) is 5.75 Å². The molecule has 0 heterocycles. The van der Waals surface area contributed by atoms with Crippen LogP contribution in [-0.4, -0.2) is 19.4 Å². The Bertz CT molecular complexity index is 443. The highest BCUT2D eigenvalue weighted by molar-refractivity contribution is 6.31. The highest BCUT2D eigenvalue weighted by Crippen LogP contribution is 2.32. The van der Waals surface area contributed by atoms with Crippen LogP contribution in [0.2, 0.25) is 5.02 Å². The Balaban J connectivity index is 3.30. The minimum Gasteiger partial charge on any atom is -0.465 e. The van der Waals surface area contributed by atoms with E-state index in [1.807, 2.05) is 0 Å². The molecule has 1 rings (SSSR count). The van der Waals surface area contributed by atoms with Gasteiger partial charge in [-0.05, 0) is 18.6 Å². The number of rotatable bonds is 2. The molecule has 17 heavy (non-hydrogen) atoms. The quantitative estimate of drug-likeness (QED) is 0.772. The van der Waals surface area contributed by atoms with E-state index in [1.165, 1.54) is 13.0 Å². The lowest BCUT2D eigenvalue weighted by Gasteiger charge is -2.14. The molecular weight excluding hydrogens is 261 g/mol. The molecule has 0 aliphatic rings. The second kappa shape index (κ2) is 4.83. The number of methoxy groups -OCH3 is 1. The van der Waals surface area contributed by atoms with Gasteiger partial charge in [-0.2, -0.15) is 0 Å². The number of halogens is 4. The van der Waals surface area contributed by atoms with Crippen LogP contribution in [0.15, 0.2) is 12.1 Å². The standard InChI is InChI=1S/C10H8ClF3O3/c1-5-3-6(11)4-7(17-10(12,13)14)8(5)9(15)16-2/h3-4H,1-2H3. The summed E-state index contributed by atoms with van der Waals surface area (Å²) in [6.07, 6.45) is -4.90. The Morgan fingerprint density at radius 1 is 1.35 bits per heavy atom. The number of carbonyl (C=O) groups is 1. The Morgan fingerprint density at radius 2 is 1.94 bits per heavy atom. The summed E-state index contributed by atoms with van der Waals surface area (Å²) < 4.78 is 44.5. The van der Waals surface area contributed by atoms with Gasteiger partial charge in [-0.3, -0.25) is 0 Å². The van der Waals surface area contributed by atoms with Gasteiger partial charge in [0.05, 0.1) is 7.11 Å². The largest absolute Gasteiger partial charge is 0.573 e. The lowest BCUT2D eigenvalue weighted by Crippen LogP contribution is -2.20. The number of hydrogen-bond acceptors (Lipinski definition) is 3. The molecule has 1 aromatic rings. The first kappa shape index (κ1) is 13.6. The molecule has 0 aliphatic heterocycles. The van der Waals surface area contributed by atoms with Crippen molar-refractivity contribution in [2.75, 3.05) is 7.11 Å². The molecule has 0 fully saturated rings. The van der Waals surface area contributed by atoms with E-state index in [4.69, 9.17) is 11.6 Å². The lowest BCUT2D eigenvalue weighted by atomic mass is 10.1. The maximum Gasteiger partial charge on any atom is 0.573 e. The molecule has 0 spiro atoms. The van der Waals surface area contributed by atoms with Crippen LogP contribution in [-0.2, 0) is 4.74 Å². The van der Waals surface area contributed by atoms with Crippen molar-refractivity contribution in [3.63, 3.8) is 0 Å². The van der Waals surface area contributed by atoms with Crippen molar-refractivity contribution in [1.29, 1.82) is 0 Å². The molecule has 0 aliphatic carbocycles.